The van der Waals surface area contributed by atoms with Crippen molar-refractivity contribution in [1.82, 2.24) is 20.6 Å². The van der Waals surface area contributed by atoms with E-state index < -0.39 is 0 Å². The molecule has 0 atom stereocenters. The van der Waals surface area contributed by atoms with Crippen molar-refractivity contribution in [1.29, 1.82) is 0 Å². The highest BCUT2D eigenvalue weighted by molar-refractivity contribution is 6.08. The number of benzene rings is 2. The van der Waals surface area contributed by atoms with Crippen molar-refractivity contribution in [3.05, 3.63) is 64.3 Å². The van der Waals surface area contributed by atoms with Gasteiger partial charge in [0.05, 0.1) is 18.2 Å². The molecular formula is C18H13N5O4. The van der Waals surface area contributed by atoms with E-state index in [2.05, 4.69) is 25.9 Å². The number of carbonyl (C=O) groups is 1. The first-order valence-corrected chi connectivity index (χ1v) is 7.92. The Hall–Kier alpha value is -4.01. The third kappa shape index (κ3) is 3.13. The van der Waals surface area contributed by atoms with Crippen LogP contribution < -0.4 is 15.5 Å². The summed E-state index contributed by atoms with van der Waals surface area (Å²) in [5.41, 5.74) is 0.739. The minimum absolute atomic E-state index is 0.144. The topological polar surface area (TPSA) is 123 Å². The molecule has 0 unspecified atom stereocenters. The predicted octanol–water partition coefficient (Wildman–Crippen LogP) is 2.23. The first kappa shape index (κ1) is 16.5. The highest BCUT2D eigenvalue weighted by Crippen LogP contribution is 2.25. The lowest BCUT2D eigenvalue weighted by Crippen LogP contribution is -2.13. The number of hydrogen-bond acceptors (Lipinski definition) is 7. The fourth-order valence-electron chi connectivity index (χ4n) is 2.59. The molecule has 9 nitrogen and oxygen atoms in total. The van der Waals surface area contributed by atoms with E-state index in [0.717, 1.165) is 0 Å². The Morgan fingerprint density at radius 1 is 1.19 bits per heavy atom. The summed E-state index contributed by atoms with van der Waals surface area (Å²) >= 11 is 0. The average molecular weight is 363 g/mol. The highest BCUT2D eigenvalue weighted by Gasteiger charge is 2.15. The molecule has 2 N–H and O–H groups in total. The number of ether oxygens (including phenoxy) is 1. The van der Waals surface area contributed by atoms with E-state index in [1.54, 1.807) is 49.6 Å². The van der Waals surface area contributed by atoms with Crippen LogP contribution in [0.1, 0.15) is 10.4 Å². The lowest BCUT2D eigenvalue weighted by Gasteiger charge is -2.09. The summed E-state index contributed by atoms with van der Waals surface area (Å²) in [5, 5.41) is 16.5. The molecule has 4 aromatic rings. The number of methoxy groups -OCH3 is 1. The summed E-state index contributed by atoms with van der Waals surface area (Å²) in [5.74, 6) is 0.586. The summed E-state index contributed by atoms with van der Waals surface area (Å²) in [4.78, 5) is 24.9. The number of aromatic amines is 1. The number of hydrogen-bond donors (Lipinski definition) is 2. The van der Waals surface area contributed by atoms with Crippen LogP contribution in [0.3, 0.4) is 0 Å². The number of carbonyl (C=O) groups excluding carboxylic acids is 1. The molecule has 0 bridgehead atoms. The van der Waals surface area contributed by atoms with E-state index in [0.29, 0.717) is 22.4 Å². The molecule has 0 aliphatic heterocycles. The lowest BCUT2D eigenvalue weighted by atomic mass is 10.1. The van der Waals surface area contributed by atoms with Crippen molar-refractivity contribution in [3.8, 4) is 17.3 Å². The van der Waals surface area contributed by atoms with Crippen LogP contribution >= 0.6 is 0 Å². The van der Waals surface area contributed by atoms with Gasteiger partial charge in [-0.2, -0.15) is 5.21 Å². The van der Waals surface area contributed by atoms with Crippen LogP contribution in [0.25, 0.3) is 22.6 Å². The second kappa shape index (κ2) is 6.71. The summed E-state index contributed by atoms with van der Waals surface area (Å²) < 4.78 is 10.9. The van der Waals surface area contributed by atoms with Gasteiger partial charge in [-0.25, -0.2) is 0 Å². The van der Waals surface area contributed by atoms with E-state index in [1.165, 1.54) is 6.07 Å². The van der Waals surface area contributed by atoms with E-state index in [4.69, 9.17) is 9.15 Å². The minimum atomic E-state index is -0.349. The van der Waals surface area contributed by atoms with E-state index >= 15 is 0 Å². The van der Waals surface area contributed by atoms with Gasteiger partial charge >= 0.3 is 0 Å². The van der Waals surface area contributed by atoms with Gasteiger partial charge < -0.3 is 14.5 Å². The van der Waals surface area contributed by atoms with E-state index in [1.807, 2.05) is 0 Å². The molecule has 0 saturated carbocycles. The minimum Gasteiger partial charge on any atom is -0.497 e. The van der Waals surface area contributed by atoms with Crippen LogP contribution in [0.15, 0.2) is 57.7 Å². The SMILES string of the molecule is COc1ccc(C(=O)Nc2cccc3c(=O)cc(-c4nn[nH]n4)oc23)cc1. The number of fused-ring (bicyclic) bond motifs is 1. The van der Waals surface area contributed by atoms with E-state index in [9.17, 15) is 9.59 Å². The zero-order chi connectivity index (χ0) is 18.8. The van der Waals surface area contributed by atoms with Gasteiger partial charge in [0.15, 0.2) is 16.8 Å². The zero-order valence-corrected chi connectivity index (χ0v) is 14.1. The van der Waals surface area contributed by atoms with Crippen LogP contribution in [0.2, 0.25) is 0 Å². The lowest BCUT2D eigenvalue weighted by molar-refractivity contribution is 0.102. The van der Waals surface area contributed by atoms with Crippen molar-refractivity contribution >= 4 is 22.6 Å². The molecule has 2 heterocycles. The Bertz CT molecular complexity index is 1170. The molecule has 9 heteroatoms. The maximum absolute atomic E-state index is 12.5. The fraction of sp³-hybridized carbons (Fsp3) is 0.0556. The van der Waals surface area contributed by atoms with Crippen molar-refractivity contribution in [2.24, 2.45) is 0 Å². The van der Waals surface area contributed by atoms with Crippen LogP contribution in [0.4, 0.5) is 5.69 Å². The Morgan fingerprint density at radius 2 is 2.00 bits per heavy atom. The molecule has 2 aromatic heterocycles. The van der Waals surface area contributed by atoms with Crippen LogP contribution in [0, 0.1) is 0 Å². The normalized spacial score (nSPS) is 10.7. The smallest absolute Gasteiger partial charge is 0.255 e. The number of amides is 1. The predicted molar refractivity (Wildman–Crippen MR) is 96.6 cm³/mol. The van der Waals surface area contributed by atoms with Gasteiger partial charge in [-0.3, -0.25) is 9.59 Å². The third-order valence-corrected chi connectivity index (χ3v) is 3.92. The summed E-state index contributed by atoms with van der Waals surface area (Å²) in [7, 11) is 1.55. The second-order valence-corrected chi connectivity index (χ2v) is 5.58. The molecule has 134 valence electrons. The number of nitrogens with zero attached hydrogens (tertiary/aromatic N) is 3. The second-order valence-electron chi connectivity index (χ2n) is 5.58. The molecule has 1 amide bonds. The fourth-order valence-corrected chi connectivity index (χ4v) is 2.59. The van der Waals surface area contributed by atoms with Gasteiger partial charge in [0, 0.05) is 11.6 Å². The number of tetrazole rings is 1. The quantitative estimate of drug-likeness (QED) is 0.570. The molecular weight excluding hydrogens is 350 g/mol. The molecule has 0 saturated heterocycles. The van der Waals surface area contributed by atoms with Gasteiger partial charge in [-0.1, -0.05) is 6.07 Å². The standard InChI is InChI=1S/C18H13N5O4/c1-26-11-7-5-10(6-8-11)18(25)19-13-4-2-3-12-14(24)9-15(27-16(12)13)17-20-22-23-21-17/h2-9H,1H3,(H,19,25)(H,20,21,22,23). The first-order chi connectivity index (χ1) is 13.2. The van der Waals surface area contributed by atoms with E-state index in [-0.39, 0.29) is 28.5 Å². The summed E-state index contributed by atoms with van der Waals surface area (Å²) in [6.07, 6.45) is 0. The Kier molecular flexibility index (Phi) is 4.09. The van der Waals surface area contributed by atoms with Crippen molar-refractivity contribution in [2.45, 2.75) is 0 Å². The van der Waals surface area contributed by atoms with Crippen molar-refractivity contribution in [3.63, 3.8) is 0 Å². The molecule has 4 rings (SSSR count). The molecule has 0 spiro atoms. The van der Waals surface area contributed by atoms with Crippen LogP contribution in [0.5, 0.6) is 5.75 Å². The van der Waals surface area contributed by atoms with Gasteiger partial charge in [0.2, 0.25) is 5.82 Å². The van der Waals surface area contributed by atoms with Crippen molar-refractivity contribution < 1.29 is 13.9 Å². The third-order valence-electron chi connectivity index (χ3n) is 3.92. The largest absolute Gasteiger partial charge is 0.497 e. The van der Waals surface area contributed by atoms with Gasteiger partial charge in [0.1, 0.15) is 5.75 Å². The van der Waals surface area contributed by atoms with Gasteiger partial charge in [0.25, 0.3) is 5.91 Å². The van der Waals surface area contributed by atoms with Crippen molar-refractivity contribution in [2.75, 3.05) is 12.4 Å². The molecule has 27 heavy (non-hydrogen) atoms. The summed E-state index contributed by atoms with van der Waals surface area (Å²) in [6.45, 7) is 0. The maximum Gasteiger partial charge on any atom is 0.255 e. The molecule has 2 aromatic carbocycles. The zero-order valence-electron chi connectivity index (χ0n) is 14.1. The van der Waals surface area contributed by atoms with Crippen LogP contribution in [-0.4, -0.2) is 33.6 Å². The number of H-pyrrole nitrogens is 1. The van der Waals surface area contributed by atoms with Crippen LogP contribution in [-0.2, 0) is 0 Å². The van der Waals surface area contributed by atoms with Gasteiger partial charge in [-0.05, 0) is 41.6 Å². The Morgan fingerprint density at radius 3 is 2.70 bits per heavy atom. The number of anilines is 1. The highest BCUT2D eigenvalue weighted by atomic mass is 16.5. The molecule has 0 fully saturated rings. The summed E-state index contributed by atoms with van der Waals surface area (Å²) in [6, 6.07) is 12.9. The maximum atomic E-state index is 12.5. The number of rotatable bonds is 4. The molecule has 0 aliphatic carbocycles. The monoisotopic (exact) mass is 363 g/mol. The Labute approximate surface area is 152 Å². The molecule has 0 aliphatic rings. The number of aromatic nitrogens is 4. The number of para-hydroxylation sites is 1. The molecule has 0 radical (unpaired) electrons. The Balaban J connectivity index is 1.74. The number of nitrogens with one attached hydrogen (secondary N) is 2. The first-order valence-electron chi connectivity index (χ1n) is 7.92. The van der Waals surface area contributed by atoms with Gasteiger partial charge in [-0.15, -0.1) is 10.2 Å². The average Bonchev–Trinajstić information content (AvgIpc) is 3.23.